The molecule has 2 N–H and O–H groups in total. The van der Waals surface area contributed by atoms with Crippen molar-refractivity contribution in [2.24, 2.45) is 17.6 Å². The number of pyridine rings is 1. The highest BCUT2D eigenvalue weighted by Crippen LogP contribution is 2.48. The summed E-state index contributed by atoms with van der Waals surface area (Å²) in [5.74, 6) is 0.177. The molecule has 1 saturated carbocycles. The van der Waals surface area contributed by atoms with Crippen LogP contribution in [0.3, 0.4) is 0 Å². The lowest BCUT2D eigenvalue weighted by Gasteiger charge is -2.49. The Labute approximate surface area is 168 Å². The van der Waals surface area contributed by atoms with Gasteiger partial charge in [-0.2, -0.15) is 0 Å². The van der Waals surface area contributed by atoms with E-state index in [1.165, 1.54) is 19.3 Å². The minimum atomic E-state index is -0.500. The molecule has 1 aromatic rings. The van der Waals surface area contributed by atoms with E-state index in [1.807, 2.05) is 12.1 Å². The van der Waals surface area contributed by atoms with Crippen molar-refractivity contribution in [1.29, 1.82) is 0 Å². The van der Waals surface area contributed by atoms with Crippen LogP contribution in [0.5, 0.6) is 0 Å². The second-order valence-corrected chi connectivity index (χ2v) is 8.53. The van der Waals surface area contributed by atoms with E-state index >= 15 is 0 Å². The molecule has 28 heavy (non-hydrogen) atoms. The van der Waals surface area contributed by atoms with Gasteiger partial charge in [0.15, 0.2) is 0 Å². The quantitative estimate of drug-likeness (QED) is 0.776. The molecule has 3 unspecified atom stereocenters. The number of hydrogen-bond donors (Lipinski definition) is 1. The summed E-state index contributed by atoms with van der Waals surface area (Å²) in [7, 11) is 3.97. The molecule has 4 atom stereocenters. The Balaban J connectivity index is 1.83. The van der Waals surface area contributed by atoms with Crippen LogP contribution in [-0.2, 0) is 15.1 Å². The van der Waals surface area contributed by atoms with Crippen molar-refractivity contribution in [2.75, 3.05) is 33.9 Å². The van der Waals surface area contributed by atoms with Gasteiger partial charge in [-0.05, 0) is 62.8 Å². The average molecular weight is 390 g/mol. The molecule has 2 aliphatic rings. The Morgan fingerprint density at radius 2 is 2.14 bits per heavy atom. The van der Waals surface area contributed by atoms with Crippen LogP contribution in [0.15, 0.2) is 18.3 Å². The highest BCUT2D eigenvalue weighted by atomic mass is 16.5. The summed E-state index contributed by atoms with van der Waals surface area (Å²) < 4.78 is 12.2. The number of nitrogens with two attached hydrogens (primary N) is 1. The van der Waals surface area contributed by atoms with E-state index in [-0.39, 0.29) is 0 Å². The lowest BCUT2D eigenvalue weighted by molar-refractivity contribution is -0.133. The van der Waals surface area contributed by atoms with E-state index in [9.17, 15) is 4.79 Å². The van der Waals surface area contributed by atoms with Crippen LogP contribution < -0.4 is 5.73 Å². The van der Waals surface area contributed by atoms with Crippen LogP contribution in [0.2, 0.25) is 0 Å². The van der Waals surface area contributed by atoms with Gasteiger partial charge in [-0.3, -0.25) is 9.78 Å². The van der Waals surface area contributed by atoms with E-state index in [0.717, 1.165) is 44.5 Å². The fourth-order valence-corrected chi connectivity index (χ4v) is 5.29. The molecule has 0 bridgehead atoms. The van der Waals surface area contributed by atoms with Gasteiger partial charge in [0.25, 0.3) is 5.91 Å². The smallest absolute Gasteiger partial charge is 0.267 e. The molecule has 0 aromatic carbocycles. The van der Waals surface area contributed by atoms with Gasteiger partial charge in [0.1, 0.15) is 5.69 Å². The van der Waals surface area contributed by atoms with Crippen molar-refractivity contribution < 1.29 is 14.3 Å². The van der Waals surface area contributed by atoms with Crippen molar-refractivity contribution in [3.05, 3.63) is 29.6 Å². The van der Waals surface area contributed by atoms with Crippen LogP contribution in [-0.4, -0.2) is 55.7 Å². The van der Waals surface area contributed by atoms with E-state index < -0.39 is 11.5 Å². The van der Waals surface area contributed by atoms with Crippen molar-refractivity contribution in [3.8, 4) is 0 Å². The van der Waals surface area contributed by atoms with E-state index in [4.69, 9.17) is 15.2 Å². The molecule has 1 aliphatic heterocycles. The summed E-state index contributed by atoms with van der Waals surface area (Å²) in [5, 5.41) is 0. The molecule has 1 amide bonds. The maximum Gasteiger partial charge on any atom is 0.267 e. The van der Waals surface area contributed by atoms with Crippen molar-refractivity contribution in [1.82, 2.24) is 9.88 Å². The number of carbonyl (C=O) groups is 1. The normalized spacial score (nSPS) is 31.1. The van der Waals surface area contributed by atoms with Gasteiger partial charge in [0, 0.05) is 38.9 Å². The predicted molar refractivity (Wildman–Crippen MR) is 109 cm³/mol. The van der Waals surface area contributed by atoms with Gasteiger partial charge in [-0.25, -0.2) is 0 Å². The van der Waals surface area contributed by atoms with Crippen LogP contribution in [0.25, 0.3) is 0 Å². The van der Waals surface area contributed by atoms with E-state index in [0.29, 0.717) is 23.6 Å². The zero-order valence-electron chi connectivity index (χ0n) is 17.5. The van der Waals surface area contributed by atoms with Crippen LogP contribution >= 0.6 is 0 Å². The first-order valence-corrected chi connectivity index (χ1v) is 10.6. The van der Waals surface area contributed by atoms with Crippen LogP contribution in [0, 0.1) is 11.8 Å². The second kappa shape index (κ2) is 9.33. The number of methoxy groups -OCH3 is 1. The first-order valence-electron chi connectivity index (χ1n) is 10.6. The molecule has 3 rings (SSSR count). The fraction of sp³-hybridized carbons (Fsp3) is 0.727. The average Bonchev–Trinajstić information content (AvgIpc) is 2.69. The maximum atomic E-state index is 11.7. The molecule has 2 heterocycles. The monoisotopic (exact) mass is 389 g/mol. The number of ether oxygens (including phenoxy) is 2. The topological polar surface area (TPSA) is 77.7 Å². The Morgan fingerprint density at radius 3 is 2.82 bits per heavy atom. The number of nitrogens with zero attached hydrogens (tertiary/aromatic N) is 2. The molecule has 0 spiro atoms. The number of amides is 1. The predicted octanol–water partition coefficient (Wildman–Crippen LogP) is 2.96. The van der Waals surface area contributed by atoms with Gasteiger partial charge >= 0.3 is 0 Å². The molecule has 6 nitrogen and oxygen atoms in total. The van der Waals surface area contributed by atoms with Gasteiger partial charge < -0.3 is 20.1 Å². The highest BCUT2D eigenvalue weighted by molar-refractivity contribution is 5.90. The summed E-state index contributed by atoms with van der Waals surface area (Å²) in [6.45, 7) is 5.03. The van der Waals surface area contributed by atoms with Crippen LogP contribution in [0.4, 0.5) is 0 Å². The van der Waals surface area contributed by atoms with Gasteiger partial charge in [0.05, 0.1) is 11.7 Å². The molecule has 1 saturated heterocycles. The molecular formula is C22H35N3O3. The summed E-state index contributed by atoms with van der Waals surface area (Å²) in [6, 6.07) is 3.81. The number of primary amides is 1. The van der Waals surface area contributed by atoms with Crippen molar-refractivity contribution >= 4 is 5.91 Å². The number of aromatic nitrogens is 1. The first-order chi connectivity index (χ1) is 13.5. The lowest BCUT2D eigenvalue weighted by atomic mass is 9.65. The molecule has 1 aromatic heterocycles. The third-order valence-electron chi connectivity index (χ3n) is 6.65. The van der Waals surface area contributed by atoms with Gasteiger partial charge in [0.2, 0.25) is 0 Å². The second-order valence-electron chi connectivity index (χ2n) is 8.53. The minimum Gasteiger partial charge on any atom is -0.377 e. The molecule has 1 aliphatic carbocycles. The molecular weight excluding hydrogens is 354 g/mol. The van der Waals surface area contributed by atoms with E-state index in [2.05, 4.69) is 23.9 Å². The highest BCUT2D eigenvalue weighted by Gasteiger charge is 2.48. The zero-order valence-corrected chi connectivity index (χ0v) is 17.5. The third-order valence-corrected chi connectivity index (χ3v) is 6.65. The SMILES string of the molecule is COC1(c2ccnc(C(N)=O)c2)C(C)CCCC1CN(C)C[C@H]1CCCCO1. The fourth-order valence-electron chi connectivity index (χ4n) is 5.29. The lowest BCUT2D eigenvalue weighted by Crippen LogP contribution is -2.50. The minimum absolute atomic E-state index is 0.300. The summed E-state index contributed by atoms with van der Waals surface area (Å²) in [5.41, 5.74) is 6.36. The molecule has 6 heteroatoms. The summed E-state index contributed by atoms with van der Waals surface area (Å²) in [4.78, 5) is 18.2. The van der Waals surface area contributed by atoms with E-state index in [1.54, 1.807) is 13.3 Å². The maximum absolute atomic E-state index is 11.7. The van der Waals surface area contributed by atoms with Gasteiger partial charge in [-0.15, -0.1) is 0 Å². The molecule has 0 radical (unpaired) electrons. The Morgan fingerprint density at radius 1 is 1.32 bits per heavy atom. The number of likely N-dealkylation sites (N-methyl/N-ethyl adjacent to an activating group) is 1. The Hall–Kier alpha value is -1.50. The number of hydrogen-bond acceptors (Lipinski definition) is 5. The Bertz CT molecular complexity index is 662. The van der Waals surface area contributed by atoms with Crippen molar-refractivity contribution in [3.63, 3.8) is 0 Å². The zero-order chi connectivity index (χ0) is 20.1. The standard InChI is InChI=1S/C22H35N3O3/c1-16-7-6-8-18(14-25(2)15-19-9-4-5-12-28-19)22(16,27-3)17-10-11-24-20(13-17)21(23)26/h10-11,13,16,18-19H,4-9,12,14-15H2,1-3H3,(H2,23,26)/t16?,18?,19-,22?/m1/s1. The van der Waals surface area contributed by atoms with Crippen LogP contribution in [0.1, 0.15) is 61.5 Å². The molecule has 156 valence electrons. The number of carbonyl (C=O) groups excluding carboxylic acids is 1. The van der Waals surface area contributed by atoms with Gasteiger partial charge in [-0.1, -0.05) is 13.3 Å². The van der Waals surface area contributed by atoms with Crippen molar-refractivity contribution in [2.45, 2.75) is 57.2 Å². The number of rotatable bonds is 7. The third kappa shape index (κ3) is 4.39. The summed E-state index contributed by atoms with van der Waals surface area (Å²) >= 11 is 0. The first kappa shape index (κ1) is 21.2. The largest absolute Gasteiger partial charge is 0.377 e. The summed E-state index contributed by atoms with van der Waals surface area (Å²) in [6.07, 6.45) is 8.99. The Kier molecular flexibility index (Phi) is 7.07. The molecule has 2 fully saturated rings.